The van der Waals surface area contributed by atoms with Crippen molar-refractivity contribution in [3.63, 3.8) is 0 Å². The molecule has 0 aliphatic heterocycles. The molecule has 2 nitrogen and oxygen atoms in total. The van der Waals surface area contributed by atoms with Crippen LogP contribution < -0.4 is 11.1 Å². The van der Waals surface area contributed by atoms with Crippen molar-refractivity contribution in [2.45, 2.75) is 0 Å². The number of benzene rings is 1. The Morgan fingerprint density at radius 2 is 2.00 bits per heavy atom. The molecule has 1 aromatic carbocycles. The first-order valence-electron chi connectivity index (χ1n) is 4.56. The van der Waals surface area contributed by atoms with E-state index in [-0.39, 0.29) is 0 Å². The molecule has 0 unspecified atom stereocenters. The molecule has 0 saturated carbocycles. The Hall–Kier alpha value is -1.12. The van der Waals surface area contributed by atoms with Crippen LogP contribution >= 0.6 is 0 Å². The first-order chi connectivity index (χ1) is 6.43. The second-order valence-electron chi connectivity index (χ2n) is 2.81. The summed E-state index contributed by atoms with van der Waals surface area (Å²) in [6.07, 6.45) is 4.20. The molecule has 70 valence electrons. The molecule has 0 fully saturated rings. The van der Waals surface area contributed by atoms with Gasteiger partial charge in [-0.05, 0) is 5.56 Å². The molecular formula is C11H16N2. The topological polar surface area (TPSA) is 38.0 Å². The third-order valence-corrected chi connectivity index (χ3v) is 1.69. The lowest BCUT2D eigenvalue weighted by Crippen LogP contribution is -2.22. The van der Waals surface area contributed by atoms with Crippen LogP contribution in [-0.2, 0) is 0 Å². The van der Waals surface area contributed by atoms with Gasteiger partial charge in [0.2, 0.25) is 0 Å². The maximum atomic E-state index is 5.34. The summed E-state index contributed by atoms with van der Waals surface area (Å²) in [6.45, 7) is 2.45. The molecule has 0 heterocycles. The molecule has 0 amide bonds. The van der Waals surface area contributed by atoms with Crippen LogP contribution in [-0.4, -0.2) is 19.6 Å². The average molecular weight is 176 g/mol. The Morgan fingerprint density at radius 3 is 2.69 bits per heavy atom. The fraction of sp³-hybridized carbons (Fsp3) is 0.273. The van der Waals surface area contributed by atoms with E-state index in [1.54, 1.807) is 0 Å². The van der Waals surface area contributed by atoms with E-state index in [0.717, 1.165) is 13.1 Å². The summed E-state index contributed by atoms with van der Waals surface area (Å²) in [6, 6.07) is 10.3. The van der Waals surface area contributed by atoms with Crippen molar-refractivity contribution in [2.75, 3.05) is 19.6 Å². The monoisotopic (exact) mass is 176 g/mol. The Labute approximate surface area is 79.5 Å². The fourth-order valence-corrected chi connectivity index (χ4v) is 1.05. The summed E-state index contributed by atoms with van der Waals surface area (Å²) in [5.74, 6) is 0. The summed E-state index contributed by atoms with van der Waals surface area (Å²) in [5, 5.41) is 3.19. The van der Waals surface area contributed by atoms with E-state index in [1.807, 2.05) is 18.2 Å². The highest BCUT2D eigenvalue weighted by molar-refractivity contribution is 5.48. The number of rotatable bonds is 5. The largest absolute Gasteiger partial charge is 0.329 e. The number of nitrogens with one attached hydrogen (secondary N) is 1. The van der Waals surface area contributed by atoms with Gasteiger partial charge in [0, 0.05) is 19.6 Å². The average Bonchev–Trinajstić information content (AvgIpc) is 2.19. The molecular weight excluding hydrogens is 160 g/mol. The molecule has 13 heavy (non-hydrogen) atoms. The zero-order valence-corrected chi connectivity index (χ0v) is 7.74. The minimum Gasteiger partial charge on any atom is -0.329 e. The van der Waals surface area contributed by atoms with Crippen LogP contribution in [0.1, 0.15) is 5.56 Å². The minimum absolute atomic E-state index is 0.694. The van der Waals surface area contributed by atoms with E-state index >= 15 is 0 Å². The fourth-order valence-electron chi connectivity index (χ4n) is 1.05. The summed E-state index contributed by atoms with van der Waals surface area (Å²) in [4.78, 5) is 0. The zero-order valence-electron chi connectivity index (χ0n) is 7.74. The molecule has 1 aromatic rings. The van der Waals surface area contributed by atoms with Gasteiger partial charge >= 0.3 is 0 Å². The van der Waals surface area contributed by atoms with E-state index in [2.05, 4.69) is 29.6 Å². The highest BCUT2D eigenvalue weighted by atomic mass is 14.9. The standard InChI is InChI=1S/C11H16N2/c12-8-10-13-9-4-7-11-5-2-1-3-6-11/h1-7,13H,8-10,12H2/b7-4+. The SMILES string of the molecule is NCCNC/C=C/c1ccccc1. The van der Waals surface area contributed by atoms with Crippen molar-refractivity contribution < 1.29 is 0 Å². The summed E-state index contributed by atoms with van der Waals surface area (Å²) in [5.41, 5.74) is 6.57. The van der Waals surface area contributed by atoms with Gasteiger partial charge in [-0.25, -0.2) is 0 Å². The van der Waals surface area contributed by atoms with Crippen molar-refractivity contribution in [1.82, 2.24) is 5.32 Å². The second kappa shape index (κ2) is 6.40. The maximum Gasteiger partial charge on any atom is 0.0138 e. The highest BCUT2D eigenvalue weighted by Gasteiger charge is 1.82. The van der Waals surface area contributed by atoms with Crippen molar-refractivity contribution >= 4 is 6.08 Å². The zero-order chi connectivity index (χ0) is 9.36. The third kappa shape index (κ3) is 4.45. The normalized spacial score (nSPS) is 10.8. The van der Waals surface area contributed by atoms with Crippen LogP contribution in [0, 0.1) is 0 Å². The minimum atomic E-state index is 0.694. The number of hydrogen-bond acceptors (Lipinski definition) is 2. The molecule has 0 atom stereocenters. The maximum absolute atomic E-state index is 5.34. The van der Waals surface area contributed by atoms with Crippen molar-refractivity contribution in [2.24, 2.45) is 5.73 Å². The van der Waals surface area contributed by atoms with Crippen LogP contribution in [0.25, 0.3) is 6.08 Å². The van der Waals surface area contributed by atoms with Crippen LogP contribution in [0.2, 0.25) is 0 Å². The predicted octanol–water partition coefficient (Wildman–Crippen LogP) is 1.25. The van der Waals surface area contributed by atoms with Gasteiger partial charge in [0.05, 0.1) is 0 Å². The molecule has 0 saturated heterocycles. The Morgan fingerprint density at radius 1 is 1.23 bits per heavy atom. The third-order valence-electron chi connectivity index (χ3n) is 1.69. The first kappa shape index (κ1) is 9.96. The van der Waals surface area contributed by atoms with E-state index in [1.165, 1.54) is 5.56 Å². The highest BCUT2D eigenvalue weighted by Crippen LogP contribution is 1.99. The van der Waals surface area contributed by atoms with Gasteiger partial charge in [-0.15, -0.1) is 0 Å². The van der Waals surface area contributed by atoms with Crippen LogP contribution in [0.3, 0.4) is 0 Å². The second-order valence-corrected chi connectivity index (χ2v) is 2.81. The Balaban J connectivity index is 2.25. The number of nitrogens with two attached hydrogens (primary N) is 1. The Bertz CT molecular complexity index is 242. The molecule has 3 N–H and O–H groups in total. The molecule has 0 aliphatic rings. The van der Waals surface area contributed by atoms with Gasteiger partial charge in [-0.3, -0.25) is 0 Å². The van der Waals surface area contributed by atoms with Crippen LogP contribution in [0.4, 0.5) is 0 Å². The van der Waals surface area contributed by atoms with Gasteiger partial charge in [0.15, 0.2) is 0 Å². The van der Waals surface area contributed by atoms with E-state index in [9.17, 15) is 0 Å². The molecule has 2 heteroatoms. The quantitative estimate of drug-likeness (QED) is 0.663. The van der Waals surface area contributed by atoms with Crippen LogP contribution in [0.5, 0.6) is 0 Å². The number of hydrogen-bond donors (Lipinski definition) is 2. The van der Waals surface area contributed by atoms with E-state index in [4.69, 9.17) is 5.73 Å². The lowest BCUT2D eigenvalue weighted by Gasteiger charge is -1.96. The summed E-state index contributed by atoms with van der Waals surface area (Å²) >= 11 is 0. The first-order valence-corrected chi connectivity index (χ1v) is 4.56. The lowest BCUT2D eigenvalue weighted by molar-refractivity contribution is 0.755. The predicted molar refractivity (Wildman–Crippen MR) is 57.4 cm³/mol. The van der Waals surface area contributed by atoms with Gasteiger partial charge in [-0.1, -0.05) is 42.5 Å². The van der Waals surface area contributed by atoms with E-state index < -0.39 is 0 Å². The summed E-state index contributed by atoms with van der Waals surface area (Å²) < 4.78 is 0. The molecule has 0 aromatic heterocycles. The van der Waals surface area contributed by atoms with Crippen molar-refractivity contribution in [3.05, 3.63) is 42.0 Å². The van der Waals surface area contributed by atoms with Gasteiger partial charge in [0.1, 0.15) is 0 Å². The van der Waals surface area contributed by atoms with E-state index in [0.29, 0.717) is 6.54 Å². The van der Waals surface area contributed by atoms with Gasteiger partial charge < -0.3 is 11.1 Å². The Kier molecular flexibility index (Phi) is 4.91. The van der Waals surface area contributed by atoms with Gasteiger partial charge in [0.25, 0.3) is 0 Å². The molecule has 0 radical (unpaired) electrons. The van der Waals surface area contributed by atoms with Crippen molar-refractivity contribution in [1.29, 1.82) is 0 Å². The molecule has 0 aliphatic carbocycles. The smallest absolute Gasteiger partial charge is 0.0138 e. The molecule has 0 bridgehead atoms. The lowest BCUT2D eigenvalue weighted by atomic mass is 10.2. The molecule has 0 spiro atoms. The molecule has 1 rings (SSSR count). The van der Waals surface area contributed by atoms with Crippen molar-refractivity contribution in [3.8, 4) is 0 Å². The van der Waals surface area contributed by atoms with Gasteiger partial charge in [-0.2, -0.15) is 0 Å². The van der Waals surface area contributed by atoms with Crippen LogP contribution in [0.15, 0.2) is 36.4 Å². The summed E-state index contributed by atoms with van der Waals surface area (Å²) in [7, 11) is 0.